The lowest BCUT2D eigenvalue weighted by Crippen LogP contribution is -2.58. The van der Waals surface area contributed by atoms with E-state index >= 15 is 0 Å². The summed E-state index contributed by atoms with van der Waals surface area (Å²) in [6.45, 7) is 1.71. The first-order valence-electron chi connectivity index (χ1n) is 10.6. The molecule has 1 aromatic heterocycles. The van der Waals surface area contributed by atoms with Gasteiger partial charge in [-0.3, -0.25) is 14.4 Å². The highest BCUT2D eigenvalue weighted by Crippen LogP contribution is 2.24. The fourth-order valence-corrected chi connectivity index (χ4v) is 4.25. The fraction of sp³-hybridized carbons (Fsp3) is 0.292. The highest BCUT2D eigenvalue weighted by molar-refractivity contribution is 7.09. The number of aromatic hydroxyl groups is 1. The lowest BCUT2D eigenvalue weighted by atomic mass is 9.95. The summed E-state index contributed by atoms with van der Waals surface area (Å²) in [6.07, 6.45) is 1.83. The summed E-state index contributed by atoms with van der Waals surface area (Å²) in [7, 11) is 1.54. The van der Waals surface area contributed by atoms with Gasteiger partial charge in [-0.25, -0.2) is 0 Å². The minimum atomic E-state index is -1.10. The molecule has 0 radical (unpaired) electrons. The van der Waals surface area contributed by atoms with E-state index in [1.54, 1.807) is 56.6 Å². The van der Waals surface area contributed by atoms with Gasteiger partial charge in [-0.15, -0.1) is 5.10 Å². The summed E-state index contributed by atoms with van der Waals surface area (Å²) in [5, 5.41) is 16.2. The summed E-state index contributed by atoms with van der Waals surface area (Å²) in [4.78, 5) is 41.2. The van der Waals surface area contributed by atoms with Crippen molar-refractivity contribution in [3.8, 4) is 16.2 Å². The molecule has 1 fully saturated rings. The van der Waals surface area contributed by atoms with Gasteiger partial charge in [-0.05, 0) is 53.8 Å². The number of carbonyl (C=O) groups is 3. The smallest absolute Gasteiger partial charge is 0.251 e. The van der Waals surface area contributed by atoms with Crippen molar-refractivity contribution in [2.45, 2.75) is 24.9 Å². The molecule has 1 aliphatic heterocycles. The fourth-order valence-electron chi connectivity index (χ4n) is 3.73. The minimum absolute atomic E-state index is 0.0509. The molecule has 3 aromatic rings. The van der Waals surface area contributed by atoms with Gasteiger partial charge in [0.05, 0.1) is 17.7 Å². The van der Waals surface area contributed by atoms with Crippen molar-refractivity contribution in [1.29, 1.82) is 0 Å². The average Bonchev–Trinajstić information content (AvgIpc) is 3.50. The second-order valence-electron chi connectivity index (χ2n) is 8.34. The van der Waals surface area contributed by atoms with Crippen LogP contribution in [-0.2, 0) is 20.7 Å². The minimum Gasteiger partial charge on any atom is -0.508 e. The van der Waals surface area contributed by atoms with Gasteiger partial charge in [0.25, 0.3) is 5.91 Å². The number of aromatic nitrogens is 2. The first-order valence-corrected chi connectivity index (χ1v) is 11.4. The summed E-state index contributed by atoms with van der Waals surface area (Å²) in [5.74, 6) is -0.912. The number of nitrogens with zero attached hydrogens (tertiary/aromatic N) is 3. The molecule has 176 valence electrons. The number of hydrogen-bond acceptors (Lipinski definition) is 8. The first-order chi connectivity index (χ1) is 16.3. The molecule has 2 heterocycles. The van der Waals surface area contributed by atoms with E-state index < -0.39 is 23.4 Å². The molecule has 1 aliphatic rings. The molecule has 0 aliphatic carbocycles. The summed E-state index contributed by atoms with van der Waals surface area (Å²) in [5.41, 5.74) is 0.922. The summed E-state index contributed by atoms with van der Waals surface area (Å²) in [6, 6.07) is 12.4. The van der Waals surface area contributed by atoms with Crippen LogP contribution in [0.4, 0.5) is 0 Å². The third kappa shape index (κ3) is 4.82. The number of amides is 2. The summed E-state index contributed by atoms with van der Waals surface area (Å²) >= 11 is 1.25. The molecule has 0 bridgehead atoms. The van der Waals surface area contributed by atoms with Crippen LogP contribution in [0.5, 0.6) is 5.75 Å². The molecule has 2 atom stereocenters. The standard InChI is InChI=1S/C24H24N4O5S/c1-24(14-33-13-21(24)30)28(2)23(32)19(11-15-3-9-18(29)10-4-15)26-22(31)17-7-5-16(6-8-17)20-12-25-27-34-20/h3-10,12,19,29H,11,13-14H2,1-2H3,(H,26,31). The molecule has 10 heteroatoms. The molecule has 2 unspecified atom stereocenters. The Morgan fingerprint density at radius 2 is 1.91 bits per heavy atom. The van der Waals surface area contributed by atoms with Crippen molar-refractivity contribution in [3.05, 3.63) is 65.9 Å². The zero-order valence-electron chi connectivity index (χ0n) is 18.7. The number of phenolic OH excluding ortho intramolecular Hbond substituents is 1. The van der Waals surface area contributed by atoms with E-state index in [4.69, 9.17) is 4.74 Å². The number of Topliss-reactive ketones (excluding diaryl/α,β-unsaturated/α-hetero) is 1. The molecule has 2 N–H and O–H groups in total. The quantitative estimate of drug-likeness (QED) is 0.531. The highest BCUT2D eigenvalue weighted by Gasteiger charge is 2.45. The number of ether oxygens (including phenoxy) is 1. The molecule has 2 aromatic carbocycles. The van der Waals surface area contributed by atoms with E-state index in [1.807, 2.05) is 0 Å². The van der Waals surface area contributed by atoms with E-state index in [2.05, 4.69) is 14.9 Å². The normalized spacial score (nSPS) is 18.5. The van der Waals surface area contributed by atoms with Gasteiger partial charge in [-0.1, -0.05) is 28.8 Å². The molecule has 34 heavy (non-hydrogen) atoms. The van der Waals surface area contributed by atoms with Gasteiger partial charge in [-0.2, -0.15) is 0 Å². The van der Waals surface area contributed by atoms with Crippen LogP contribution < -0.4 is 5.32 Å². The number of carbonyl (C=O) groups excluding carboxylic acids is 3. The van der Waals surface area contributed by atoms with Crippen LogP contribution in [0.2, 0.25) is 0 Å². The van der Waals surface area contributed by atoms with Crippen LogP contribution in [0.1, 0.15) is 22.8 Å². The monoisotopic (exact) mass is 480 g/mol. The molecule has 0 spiro atoms. The number of rotatable bonds is 7. The lowest BCUT2D eigenvalue weighted by Gasteiger charge is -2.35. The number of nitrogens with one attached hydrogen (secondary N) is 1. The van der Waals surface area contributed by atoms with Gasteiger partial charge in [0, 0.05) is 19.0 Å². The Labute approximate surface area is 200 Å². The van der Waals surface area contributed by atoms with Crippen LogP contribution in [0.15, 0.2) is 54.7 Å². The third-order valence-corrected chi connectivity index (χ3v) is 6.77. The van der Waals surface area contributed by atoms with E-state index in [1.165, 1.54) is 28.6 Å². The molecular weight excluding hydrogens is 456 g/mol. The Kier molecular flexibility index (Phi) is 6.71. The largest absolute Gasteiger partial charge is 0.508 e. The van der Waals surface area contributed by atoms with Crippen LogP contribution in [0.25, 0.3) is 10.4 Å². The lowest BCUT2D eigenvalue weighted by molar-refractivity contribution is -0.142. The predicted octanol–water partition coefficient (Wildman–Crippen LogP) is 2.07. The van der Waals surface area contributed by atoms with Crippen molar-refractivity contribution in [3.63, 3.8) is 0 Å². The second kappa shape index (κ2) is 9.70. The van der Waals surface area contributed by atoms with E-state index in [0.29, 0.717) is 5.56 Å². The Balaban J connectivity index is 1.55. The van der Waals surface area contributed by atoms with Crippen LogP contribution in [0, 0.1) is 0 Å². The molecule has 0 saturated carbocycles. The summed E-state index contributed by atoms with van der Waals surface area (Å²) < 4.78 is 9.12. The predicted molar refractivity (Wildman–Crippen MR) is 125 cm³/mol. The zero-order valence-corrected chi connectivity index (χ0v) is 19.5. The van der Waals surface area contributed by atoms with Gasteiger partial charge in [0.15, 0.2) is 5.78 Å². The maximum atomic E-state index is 13.5. The maximum Gasteiger partial charge on any atom is 0.251 e. The average molecular weight is 481 g/mol. The number of hydrogen-bond donors (Lipinski definition) is 2. The van der Waals surface area contributed by atoms with Crippen LogP contribution in [-0.4, -0.2) is 69.0 Å². The van der Waals surface area contributed by atoms with E-state index in [-0.39, 0.29) is 31.2 Å². The van der Waals surface area contributed by atoms with Crippen molar-refractivity contribution < 1.29 is 24.2 Å². The van der Waals surface area contributed by atoms with E-state index in [0.717, 1.165) is 16.0 Å². The third-order valence-electron chi connectivity index (χ3n) is 6.06. The zero-order chi connectivity index (χ0) is 24.3. The van der Waals surface area contributed by atoms with Crippen LogP contribution in [0.3, 0.4) is 0 Å². The maximum absolute atomic E-state index is 13.5. The SMILES string of the molecule is CN(C(=O)C(Cc1ccc(O)cc1)NC(=O)c1ccc(-c2cnns2)cc1)C1(C)COCC1=O. The molecular formula is C24H24N4O5S. The Morgan fingerprint density at radius 3 is 2.50 bits per heavy atom. The number of likely N-dealkylation sites (N-methyl/N-ethyl adjacent to an activating group) is 1. The Bertz CT molecular complexity index is 1180. The molecule has 9 nitrogen and oxygen atoms in total. The van der Waals surface area contributed by atoms with Crippen LogP contribution >= 0.6 is 11.5 Å². The molecule has 2 amide bonds. The van der Waals surface area contributed by atoms with Crippen molar-refractivity contribution in [2.24, 2.45) is 0 Å². The van der Waals surface area contributed by atoms with Gasteiger partial charge in [0.1, 0.15) is 23.9 Å². The van der Waals surface area contributed by atoms with Crippen molar-refractivity contribution in [1.82, 2.24) is 19.8 Å². The second-order valence-corrected chi connectivity index (χ2v) is 9.13. The van der Waals surface area contributed by atoms with E-state index in [9.17, 15) is 19.5 Å². The Morgan fingerprint density at radius 1 is 1.21 bits per heavy atom. The van der Waals surface area contributed by atoms with Gasteiger partial charge < -0.3 is 20.1 Å². The molecule has 4 rings (SSSR count). The number of phenols is 1. The highest BCUT2D eigenvalue weighted by atomic mass is 32.1. The van der Waals surface area contributed by atoms with Crippen molar-refractivity contribution in [2.75, 3.05) is 20.3 Å². The first kappa shape index (κ1) is 23.5. The number of ketones is 1. The number of benzene rings is 2. The Hall–Kier alpha value is -3.63. The molecule has 1 saturated heterocycles. The van der Waals surface area contributed by atoms with Gasteiger partial charge in [0.2, 0.25) is 5.91 Å². The topological polar surface area (TPSA) is 122 Å². The van der Waals surface area contributed by atoms with Gasteiger partial charge >= 0.3 is 0 Å². The van der Waals surface area contributed by atoms with Crippen molar-refractivity contribution >= 4 is 29.1 Å².